The maximum absolute atomic E-state index is 2.46. The van der Waals surface area contributed by atoms with Gasteiger partial charge in [-0.2, -0.15) is 0 Å². The van der Waals surface area contributed by atoms with Gasteiger partial charge in [-0.1, -0.05) is 167 Å². The van der Waals surface area contributed by atoms with E-state index in [1.54, 1.807) is 0 Å². The van der Waals surface area contributed by atoms with E-state index in [4.69, 9.17) is 0 Å². The van der Waals surface area contributed by atoms with Crippen molar-refractivity contribution in [3.8, 4) is 39.1 Å². The van der Waals surface area contributed by atoms with Gasteiger partial charge in [-0.15, -0.1) is 0 Å². The van der Waals surface area contributed by atoms with Crippen molar-refractivity contribution < 1.29 is 0 Å². The summed E-state index contributed by atoms with van der Waals surface area (Å²) < 4.78 is 2.46. The summed E-state index contributed by atoms with van der Waals surface area (Å²) in [6, 6.07) is 80.8. The molecule has 0 fully saturated rings. The van der Waals surface area contributed by atoms with Crippen LogP contribution in [0.1, 0.15) is 32.4 Å². The van der Waals surface area contributed by atoms with E-state index in [-0.39, 0.29) is 12.8 Å². The zero-order valence-electron chi connectivity index (χ0n) is 35.2. The molecule has 13 rings (SSSR count). The van der Waals surface area contributed by atoms with Crippen LogP contribution in [0, 0.1) is 0 Å². The van der Waals surface area contributed by atoms with Crippen LogP contribution < -0.4 is 4.90 Å². The highest BCUT2D eigenvalue weighted by Gasteiger charge is 2.35. The van der Waals surface area contributed by atoms with Crippen molar-refractivity contribution in [2.45, 2.75) is 26.7 Å². The molecule has 0 saturated heterocycles. The van der Waals surface area contributed by atoms with Crippen LogP contribution in [0.25, 0.3) is 93.2 Å². The van der Waals surface area contributed by atoms with E-state index in [0.29, 0.717) is 0 Å². The fourth-order valence-corrected chi connectivity index (χ4v) is 10.9. The van der Waals surface area contributed by atoms with Crippen molar-refractivity contribution in [2.75, 3.05) is 4.90 Å². The Kier molecular flexibility index (Phi) is 8.45. The van der Waals surface area contributed by atoms with Crippen molar-refractivity contribution in [3.05, 3.63) is 230 Å². The maximum atomic E-state index is 2.46. The van der Waals surface area contributed by atoms with Gasteiger partial charge in [0.25, 0.3) is 0 Å². The van der Waals surface area contributed by atoms with Gasteiger partial charge in [0.05, 0.1) is 11.0 Å². The number of rotatable bonds is 6. The Morgan fingerprint density at radius 3 is 1.66 bits per heavy atom. The molecule has 1 aliphatic rings. The number of hydrogen-bond acceptors (Lipinski definition) is 1. The first kappa shape index (κ1) is 37.8. The molecule has 1 aliphatic carbocycles. The summed E-state index contributed by atoms with van der Waals surface area (Å²) >= 11 is 0. The van der Waals surface area contributed by atoms with Gasteiger partial charge >= 0.3 is 0 Å². The molecular formula is C62H46N2. The van der Waals surface area contributed by atoms with Crippen molar-refractivity contribution in [3.63, 3.8) is 0 Å². The van der Waals surface area contributed by atoms with Crippen molar-refractivity contribution in [1.29, 1.82) is 0 Å². The van der Waals surface area contributed by atoms with Gasteiger partial charge in [-0.05, 0) is 150 Å². The average Bonchev–Trinajstić information content (AvgIpc) is 3.79. The van der Waals surface area contributed by atoms with Crippen molar-refractivity contribution in [1.82, 2.24) is 4.57 Å². The highest BCUT2D eigenvalue weighted by atomic mass is 15.1. The summed E-state index contributed by atoms with van der Waals surface area (Å²) in [7, 11) is 0. The summed E-state index contributed by atoms with van der Waals surface area (Å²) in [5.74, 6) is 0. The van der Waals surface area contributed by atoms with E-state index in [1.807, 2.05) is 0 Å². The Labute approximate surface area is 374 Å². The molecule has 11 aromatic carbocycles. The predicted octanol–water partition coefficient (Wildman–Crippen LogP) is 17.4. The molecule has 2 heteroatoms. The highest BCUT2D eigenvalue weighted by Crippen LogP contribution is 2.51. The Bertz CT molecular complexity index is 3690. The lowest BCUT2D eigenvalue weighted by Crippen LogP contribution is -2.14. The van der Waals surface area contributed by atoms with Crippen LogP contribution in [0.15, 0.2) is 218 Å². The molecule has 0 aliphatic heterocycles. The molecule has 64 heavy (non-hydrogen) atoms. The minimum absolute atomic E-state index is 0. The van der Waals surface area contributed by atoms with Gasteiger partial charge in [0.15, 0.2) is 0 Å². The third-order valence-corrected chi connectivity index (χ3v) is 13.9. The summed E-state index contributed by atoms with van der Waals surface area (Å²) in [5.41, 5.74) is 17.4. The van der Waals surface area contributed by atoms with Gasteiger partial charge in [-0.25, -0.2) is 0 Å². The lowest BCUT2D eigenvalue weighted by Gasteiger charge is -2.25. The number of hydrogen-bond donors (Lipinski definition) is 0. The van der Waals surface area contributed by atoms with Gasteiger partial charge in [0.2, 0.25) is 0 Å². The van der Waals surface area contributed by atoms with E-state index in [9.17, 15) is 0 Å². The molecule has 1 aromatic heterocycles. The Morgan fingerprint density at radius 1 is 0.359 bits per heavy atom. The van der Waals surface area contributed by atoms with Crippen LogP contribution in [0.5, 0.6) is 0 Å². The van der Waals surface area contributed by atoms with Crippen LogP contribution in [-0.4, -0.2) is 4.57 Å². The molecule has 0 radical (unpaired) electrons. The average molecular weight is 819 g/mol. The number of fused-ring (bicyclic) bond motifs is 7. The molecule has 2 nitrogen and oxygen atoms in total. The number of nitrogens with zero attached hydrogens (tertiary/aromatic N) is 2. The van der Waals surface area contributed by atoms with Gasteiger partial charge in [-0.3, -0.25) is 0 Å². The molecule has 0 atom stereocenters. The second-order valence-electron chi connectivity index (χ2n) is 17.7. The number of anilines is 3. The predicted molar refractivity (Wildman–Crippen MR) is 274 cm³/mol. The first-order chi connectivity index (χ1) is 31.0. The lowest BCUT2D eigenvalue weighted by atomic mass is 9.81. The lowest BCUT2D eigenvalue weighted by molar-refractivity contribution is 0.660. The SMILES string of the molecule is C.CC1(C)c2ccccc2-c2ccc(-c3ccc4c(c3)c3c5ccc6c(-c7ccc(N(c8ccccc8)c8ccccc8)cc7)ccc7ccc(cc3n4-c3ccccc3)c5c76)cc21. The van der Waals surface area contributed by atoms with Crippen molar-refractivity contribution >= 4 is 71.2 Å². The quantitative estimate of drug-likeness (QED) is 0.152. The maximum Gasteiger partial charge on any atom is 0.0553 e. The third kappa shape index (κ3) is 5.52. The molecular weight excluding hydrogens is 773 g/mol. The molecule has 0 unspecified atom stereocenters. The number of para-hydroxylation sites is 3. The Morgan fingerprint density at radius 2 is 0.906 bits per heavy atom. The normalized spacial score (nSPS) is 12.8. The fraction of sp³-hybridized carbons (Fsp3) is 0.0645. The molecule has 0 bridgehead atoms. The summed E-state index contributed by atoms with van der Waals surface area (Å²) in [6.45, 7) is 4.73. The Balaban J connectivity index is 0.00000433. The minimum atomic E-state index is -0.0619. The van der Waals surface area contributed by atoms with Gasteiger partial charge < -0.3 is 9.47 Å². The molecule has 304 valence electrons. The molecule has 12 aromatic rings. The minimum Gasteiger partial charge on any atom is -0.311 e. The largest absolute Gasteiger partial charge is 0.311 e. The van der Waals surface area contributed by atoms with E-state index in [2.05, 4.69) is 242 Å². The highest BCUT2D eigenvalue weighted by molar-refractivity contribution is 6.34. The van der Waals surface area contributed by atoms with E-state index in [1.165, 1.54) is 104 Å². The number of aromatic nitrogens is 1. The van der Waals surface area contributed by atoms with Gasteiger partial charge in [0.1, 0.15) is 0 Å². The van der Waals surface area contributed by atoms with Crippen LogP contribution >= 0.6 is 0 Å². The molecule has 0 saturated carbocycles. The van der Waals surface area contributed by atoms with Crippen LogP contribution in [-0.2, 0) is 5.41 Å². The first-order valence-electron chi connectivity index (χ1n) is 22.0. The molecule has 0 amide bonds. The van der Waals surface area contributed by atoms with Gasteiger partial charge in [0, 0.05) is 38.9 Å². The third-order valence-electron chi connectivity index (χ3n) is 13.9. The van der Waals surface area contributed by atoms with E-state index in [0.717, 1.165) is 17.1 Å². The summed E-state index contributed by atoms with van der Waals surface area (Å²) in [6.07, 6.45) is 0. The molecule has 0 N–H and O–H groups in total. The Hall–Kier alpha value is -7.94. The van der Waals surface area contributed by atoms with E-state index < -0.39 is 0 Å². The first-order valence-corrected chi connectivity index (χ1v) is 22.0. The second-order valence-corrected chi connectivity index (χ2v) is 17.7. The smallest absolute Gasteiger partial charge is 0.0553 e. The molecule has 1 heterocycles. The second kappa shape index (κ2) is 14.3. The fourth-order valence-electron chi connectivity index (χ4n) is 10.9. The zero-order chi connectivity index (χ0) is 41.8. The molecule has 0 spiro atoms. The number of benzene rings is 11. The van der Waals surface area contributed by atoms with Crippen molar-refractivity contribution in [2.24, 2.45) is 0 Å². The standard InChI is InChI=1S/C61H42N2.CH4/c1-61(2)54-21-13-12-20-49(54)50-32-27-42(37-55(50)61)41-28-35-56-53(36-41)60-52-34-33-51-48(39-24-29-47(30-25-39)62(44-14-6-3-7-15-44)45-16-8-4-9-17-45)31-26-40-22-23-43(59(52)58(40)51)38-57(60)63(56)46-18-10-5-11-19-46;/h3-38H,1-2H3;1H4. The topological polar surface area (TPSA) is 8.17 Å². The van der Waals surface area contributed by atoms with Crippen LogP contribution in [0.3, 0.4) is 0 Å². The monoisotopic (exact) mass is 818 g/mol. The zero-order valence-corrected chi connectivity index (χ0v) is 35.2. The van der Waals surface area contributed by atoms with E-state index >= 15 is 0 Å². The van der Waals surface area contributed by atoms with Crippen LogP contribution in [0.4, 0.5) is 17.1 Å². The summed E-state index contributed by atoms with van der Waals surface area (Å²) in [5, 5.41) is 10.3. The van der Waals surface area contributed by atoms with Crippen LogP contribution in [0.2, 0.25) is 0 Å². The summed E-state index contributed by atoms with van der Waals surface area (Å²) in [4.78, 5) is 2.32.